The Bertz CT molecular complexity index is 967. The second kappa shape index (κ2) is 8.46. The van der Waals surface area contributed by atoms with Gasteiger partial charge in [-0.1, -0.05) is 13.3 Å². The average Bonchev–Trinajstić information content (AvgIpc) is 3.25. The number of esters is 1. The van der Waals surface area contributed by atoms with Crippen LogP contribution in [-0.2, 0) is 16.0 Å². The quantitative estimate of drug-likeness (QED) is 0.724. The van der Waals surface area contributed by atoms with E-state index in [0.717, 1.165) is 6.42 Å². The van der Waals surface area contributed by atoms with Crippen LogP contribution < -0.4 is 10.2 Å². The molecule has 8 heteroatoms. The molecule has 1 aliphatic rings. The number of methoxy groups -OCH3 is 1. The Morgan fingerprint density at radius 1 is 1.34 bits per heavy atom. The molecule has 1 saturated heterocycles. The first-order valence-electron chi connectivity index (χ1n) is 9.58. The van der Waals surface area contributed by atoms with E-state index in [4.69, 9.17) is 4.74 Å². The van der Waals surface area contributed by atoms with Crippen molar-refractivity contribution >= 4 is 29.2 Å². The molecule has 0 atom stereocenters. The summed E-state index contributed by atoms with van der Waals surface area (Å²) in [4.78, 5) is 41.1. The molecule has 0 saturated carbocycles. The van der Waals surface area contributed by atoms with Crippen molar-refractivity contribution < 1.29 is 23.5 Å². The summed E-state index contributed by atoms with van der Waals surface area (Å²) < 4.78 is 19.4. The summed E-state index contributed by atoms with van der Waals surface area (Å²) in [5.74, 6) is -1.67. The van der Waals surface area contributed by atoms with Gasteiger partial charge in [-0.05, 0) is 43.5 Å². The molecule has 3 rings (SSSR count). The molecular weight excluding hydrogens is 377 g/mol. The summed E-state index contributed by atoms with van der Waals surface area (Å²) >= 11 is 0. The van der Waals surface area contributed by atoms with Gasteiger partial charge in [-0.15, -0.1) is 0 Å². The molecule has 1 fully saturated rings. The molecule has 2 N–H and O–H groups in total. The van der Waals surface area contributed by atoms with Crippen molar-refractivity contribution in [1.82, 2.24) is 4.98 Å². The number of benzene rings is 1. The van der Waals surface area contributed by atoms with Gasteiger partial charge in [-0.25, -0.2) is 9.18 Å². The lowest BCUT2D eigenvalue weighted by atomic mass is 10.0. The van der Waals surface area contributed by atoms with Gasteiger partial charge >= 0.3 is 5.97 Å². The van der Waals surface area contributed by atoms with Gasteiger partial charge < -0.3 is 19.9 Å². The third kappa shape index (κ3) is 4.01. The Kier molecular flexibility index (Phi) is 6.00. The molecule has 0 aliphatic carbocycles. The van der Waals surface area contributed by atoms with Crippen LogP contribution in [0.3, 0.4) is 0 Å². The van der Waals surface area contributed by atoms with Crippen molar-refractivity contribution in [3.8, 4) is 0 Å². The number of ether oxygens (including phenoxy) is 1. The Labute approximate surface area is 168 Å². The van der Waals surface area contributed by atoms with Crippen molar-refractivity contribution in [2.75, 3.05) is 23.9 Å². The standard InChI is InChI=1S/C21H24FN3O4/c1-4-6-14-18(21(28)29-3)12(2)23-19(14)20(27)24-13-8-9-16(15(22)11-13)25-10-5-7-17(25)26/h8-9,11,23H,4-7,10H2,1-3H3,(H,24,27). The normalized spacial score (nSPS) is 13.7. The zero-order valence-electron chi connectivity index (χ0n) is 16.7. The van der Waals surface area contributed by atoms with E-state index >= 15 is 0 Å². The Hall–Kier alpha value is -3.16. The number of halogens is 1. The first-order valence-corrected chi connectivity index (χ1v) is 9.58. The van der Waals surface area contributed by atoms with Crippen LogP contribution in [0, 0.1) is 12.7 Å². The maximum atomic E-state index is 14.5. The maximum Gasteiger partial charge on any atom is 0.339 e. The molecule has 2 heterocycles. The predicted octanol–water partition coefficient (Wildman–Crippen LogP) is 3.58. The first-order chi connectivity index (χ1) is 13.9. The fraction of sp³-hybridized carbons (Fsp3) is 0.381. The van der Waals surface area contributed by atoms with E-state index in [2.05, 4.69) is 10.3 Å². The number of nitrogens with zero attached hydrogens (tertiary/aromatic N) is 1. The lowest BCUT2D eigenvalue weighted by Crippen LogP contribution is -2.24. The molecule has 1 aliphatic heterocycles. The molecule has 0 bridgehead atoms. The number of aryl methyl sites for hydroxylation is 1. The van der Waals surface area contributed by atoms with Gasteiger partial charge in [0.25, 0.3) is 5.91 Å². The van der Waals surface area contributed by atoms with E-state index in [0.29, 0.717) is 42.6 Å². The minimum Gasteiger partial charge on any atom is -0.465 e. The minimum absolute atomic E-state index is 0.109. The smallest absolute Gasteiger partial charge is 0.339 e. The SMILES string of the molecule is CCCc1c(C(=O)Nc2ccc(N3CCCC3=O)c(F)c2)[nH]c(C)c1C(=O)OC. The fourth-order valence-electron chi connectivity index (χ4n) is 3.65. The molecular formula is C21H24FN3O4. The summed E-state index contributed by atoms with van der Waals surface area (Å²) in [6, 6.07) is 4.23. The summed E-state index contributed by atoms with van der Waals surface area (Å²) in [7, 11) is 1.29. The van der Waals surface area contributed by atoms with Crippen LogP contribution in [-0.4, -0.2) is 36.4 Å². The number of aromatic amines is 1. The largest absolute Gasteiger partial charge is 0.465 e. The highest BCUT2D eigenvalue weighted by atomic mass is 19.1. The van der Waals surface area contributed by atoms with Crippen LogP contribution in [0.15, 0.2) is 18.2 Å². The highest BCUT2D eigenvalue weighted by Gasteiger charge is 2.26. The zero-order chi connectivity index (χ0) is 21.1. The Morgan fingerprint density at radius 3 is 2.69 bits per heavy atom. The van der Waals surface area contributed by atoms with Crippen LogP contribution in [0.1, 0.15) is 58.3 Å². The van der Waals surface area contributed by atoms with Crippen molar-refractivity contribution in [1.29, 1.82) is 0 Å². The van der Waals surface area contributed by atoms with Crippen LogP contribution in [0.4, 0.5) is 15.8 Å². The molecule has 2 amide bonds. The Balaban J connectivity index is 1.86. The van der Waals surface area contributed by atoms with E-state index in [1.807, 2.05) is 6.92 Å². The molecule has 0 spiro atoms. The number of H-pyrrole nitrogens is 1. The second-order valence-electron chi connectivity index (χ2n) is 6.99. The molecule has 0 unspecified atom stereocenters. The predicted molar refractivity (Wildman–Crippen MR) is 107 cm³/mol. The lowest BCUT2D eigenvalue weighted by Gasteiger charge is -2.17. The van der Waals surface area contributed by atoms with E-state index in [-0.39, 0.29) is 23.0 Å². The van der Waals surface area contributed by atoms with Crippen LogP contribution in [0.25, 0.3) is 0 Å². The Morgan fingerprint density at radius 2 is 2.10 bits per heavy atom. The highest BCUT2D eigenvalue weighted by molar-refractivity contribution is 6.07. The monoisotopic (exact) mass is 401 g/mol. The summed E-state index contributed by atoms with van der Waals surface area (Å²) in [5.41, 5.74) is 2.20. The summed E-state index contributed by atoms with van der Waals surface area (Å²) in [6.45, 7) is 4.13. The maximum absolute atomic E-state index is 14.5. The van der Waals surface area contributed by atoms with Gasteiger partial charge in [0.05, 0.1) is 18.4 Å². The van der Waals surface area contributed by atoms with Gasteiger partial charge in [-0.3, -0.25) is 9.59 Å². The fourth-order valence-corrected chi connectivity index (χ4v) is 3.65. The van der Waals surface area contributed by atoms with E-state index in [1.165, 1.54) is 24.1 Å². The number of nitrogens with one attached hydrogen (secondary N) is 2. The van der Waals surface area contributed by atoms with Crippen molar-refractivity contribution in [3.05, 3.63) is 46.5 Å². The number of amides is 2. The third-order valence-electron chi connectivity index (χ3n) is 4.98. The number of carbonyl (C=O) groups excluding carboxylic acids is 3. The number of rotatable bonds is 6. The van der Waals surface area contributed by atoms with E-state index < -0.39 is 17.7 Å². The molecule has 0 radical (unpaired) electrons. The van der Waals surface area contributed by atoms with Crippen LogP contribution >= 0.6 is 0 Å². The number of anilines is 2. The molecule has 2 aromatic rings. The first kappa shape index (κ1) is 20.6. The molecule has 1 aromatic heterocycles. The number of hydrogen-bond acceptors (Lipinski definition) is 4. The van der Waals surface area contributed by atoms with Gasteiger partial charge in [0, 0.05) is 24.3 Å². The van der Waals surface area contributed by atoms with Crippen molar-refractivity contribution in [2.24, 2.45) is 0 Å². The number of hydrogen-bond donors (Lipinski definition) is 2. The molecule has 154 valence electrons. The van der Waals surface area contributed by atoms with Crippen LogP contribution in [0.5, 0.6) is 0 Å². The van der Waals surface area contributed by atoms with Gasteiger partial charge in [-0.2, -0.15) is 0 Å². The average molecular weight is 401 g/mol. The lowest BCUT2D eigenvalue weighted by molar-refractivity contribution is -0.117. The highest BCUT2D eigenvalue weighted by Crippen LogP contribution is 2.28. The molecule has 7 nitrogen and oxygen atoms in total. The third-order valence-corrected chi connectivity index (χ3v) is 4.98. The van der Waals surface area contributed by atoms with Gasteiger partial charge in [0.15, 0.2) is 0 Å². The topological polar surface area (TPSA) is 91.5 Å². The van der Waals surface area contributed by atoms with Crippen LogP contribution in [0.2, 0.25) is 0 Å². The van der Waals surface area contributed by atoms with E-state index in [1.54, 1.807) is 13.0 Å². The van der Waals surface area contributed by atoms with E-state index in [9.17, 15) is 18.8 Å². The minimum atomic E-state index is -0.579. The molecule has 29 heavy (non-hydrogen) atoms. The molecule has 1 aromatic carbocycles. The number of carbonyl (C=O) groups is 3. The zero-order valence-corrected chi connectivity index (χ0v) is 16.7. The van der Waals surface area contributed by atoms with Crippen molar-refractivity contribution in [3.63, 3.8) is 0 Å². The van der Waals surface area contributed by atoms with Gasteiger partial charge in [0.1, 0.15) is 11.5 Å². The second-order valence-corrected chi connectivity index (χ2v) is 6.99. The summed E-state index contributed by atoms with van der Waals surface area (Å²) in [5, 5.41) is 2.66. The number of aromatic nitrogens is 1. The van der Waals surface area contributed by atoms with Gasteiger partial charge in [0.2, 0.25) is 5.91 Å². The van der Waals surface area contributed by atoms with Crippen molar-refractivity contribution in [2.45, 2.75) is 39.5 Å². The summed E-state index contributed by atoms with van der Waals surface area (Å²) in [6.07, 6.45) is 2.36.